The molecule has 26 heavy (non-hydrogen) atoms. The van der Waals surface area contributed by atoms with Crippen molar-refractivity contribution in [1.29, 1.82) is 0 Å². The molecule has 0 heterocycles. The Hall–Kier alpha value is -2.34. The summed E-state index contributed by atoms with van der Waals surface area (Å²) in [6, 6.07) is 15.0. The van der Waals surface area contributed by atoms with E-state index in [1.807, 2.05) is 0 Å². The molecule has 1 saturated carbocycles. The van der Waals surface area contributed by atoms with Crippen LogP contribution < -0.4 is 10.0 Å². The van der Waals surface area contributed by atoms with Gasteiger partial charge in [0.05, 0.1) is 4.90 Å². The molecule has 1 aliphatic rings. The Morgan fingerprint density at radius 1 is 0.885 bits per heavy atom. The molecule has 2 N–H and O–H groups in total. The first-order valence-corrected chi connectivity index (χ1v) is 10.5. The van der Waals surface area contributed by atoms with Gasteiger partial charge in [0.15, 0.2) is 0 Å². The SMILES string of the molecule is O=C(NC1CCCCCC1)c1cccc(NS(=O)(=O)c2ccccc2)c1. The van der Waals surface area contributed by atoms with Crippen LogP contribution >= 0.6 is 0 Å². The van der Waals surface area contributed by atoms with Gasteiger partial charge in [-0.15, -0.1) is 0 Å². The van der Waals surface area contributed by atoms with Crippen LogP contribution in [0.3, 0.4) is 0 Å². The van der Waals surface area contributed by atoms with Crippen LogP contribution in [0.2, 0.25) is 0 Å². The Morgan fingerprint density at radius 2 is 1.58 bits per heavy atom. The second-order valence-electron chi connectivity index (χ2n) is 6.66. The van der Waals surface area contributed by atoms with Crippen LogP contribution in [0.1, 0.15) is 48.9 Å². The highest BCUT2D eigenvalue weighted by Gasteiger charge is 2.17. The van der Waals surface area contributed by atoms with Gasteiger partial charge in [0.25, 0.3) is 15.9 Å². The molecule has 5 nitrogen and oxygen atoms in total. The van der Waals surface area contributed by atoms with Gasteiger partial charge in [-0.05, 0) is 43.2 Å². The molecule has 1 fully saturated rings. The lowest BCUT2D eigenvalue weighted by atomic mass is 10.1. The van der Waals surface area contributed by atoms with Gasteiger partial charge in [0.2, 0.25) is 0 Å². The summed E-state index contributed by atoms with van der Waals surface area (Å²) < 4.78 is 27.4. The number of rotatable bonds is 5. The van der Waals surface area contributed by atoms with E-state index in [0.717, 1.165) is 25.7 Å². The lowest BCUT2D eigenvalue weighted by Gasteiger charge is -2.16. The first kappa shape index (κ1) is 18.5. The van der Waals surface area contributed by atoms with E-state index in [0.29, 0.717) is 11.3 Å². The largest absolute Gasteiger partial charge is 0.349 e. The first-order valence-electron chi connectivity index (χ1n) is 9.03. The number of sulfonamides is 1. The second-order valence-corrected chi connectivity index (χ2v) is 8.34. The van der Waals surface area contributed by atoms with Gasteiger partial charge in [0, 0.05) is 17.3 Å². The lowest BCUT2D eigenvalue weighted by Crippen LogP contribution is -2.34. The molecule has 0 unspecified atom stereocenters. The van der Waals surface area contributed by atoms with Gasteiger partial charge in [-0.25, -0.2) is 8.42 Å². The highest BCUT2D eigenvalue weighted by Crippen LogP contribution is 2.19. The Labute approximate surface area is 154 Å². The number of carbonyl (C=O) groups is 1. The number of nitrogens with one attached hydrogen (secondary N) is 2. The highest BCUT2D eigenvalue weighted by atomic mass is 32.2. The summed E-state index contributed by atoms with van der Waals surface area (Å²) in [4.78, 5) is 12.7. The highest BCUT2D eigenvalue weighted by molar-refractivity contribution is 7.92. The summed E-state index contributed by atoms with van der Waals surface area (Å²) in [5.74, 6) is -0.155. The Morgan fingerprint density at radius 3 is 2.27 bits per heavy atom. The van der Waals surface area contributed by atoms with Crippen LogP contribution in [-0.2, 0) is 10.0 Å². The average Bonchev–Trinajstić information content (AvgIpc) is 2.91. The third-order valence-electron chi connectivity index (χ3n) is 4.62. The standard InChI is InChI=1S/C20H24N2O3S/c23-20(21-17-10-4-1-2-5-11-17)16-9-8-12-18(15-16)22-26(24,25)19-13-6-3-7-14-19/h3,6-9,12-15,17,22H,1-2,4-5,10-11H2,(H,21,23). The zero-order chi connectivity index (χ0) is 18.4. The smallest absolute Gasteiger partial charge is 0.261 e. The second kappa shape index (κ2) is 8.36. The molecule has 1 amide bonds. The molecule has 0 aliphatic heterocycles. The zero-order valence-electron chi connectivity index (χ0n) is 14.6. The molecular weight excluding hydrogens is 348 g/mol. The topological polar surface area (TPSA) is 75.3 Å². The molecule has 0 bridgehead atoms. The van der Waals surface area contributed by atoms with Crippen LogP contribution in [0, 0.1) is 0 Å². The molecule has 0 saturated heterocycles. The van der Waals surface area contributed by atoms with E-state index in [2.05, 4.69) is 10.0 Å². The fraction of sp³-hybridized carbons (Fsp3) is 0.350. The van der Waals surface area contributed by atoms with Gasteiger partial charge in [0.1, 0.15) is 0 Å². The van der Waals surface area contributed by atoms with Crippen LogP contribution in [0.15, 0.2) is 59.5 Å². The molecule has 0 radical (unpaired) electrons. The minimum Gasteiger partial charge on any atom is -0.349 e. The molecule has 3 rings (SSSR count). The fourth-order valence-corrected chi connectivity index (χ4v) is 4.30. The van der Waals surface area contributed by atoms with E-state index < -0.39 is 10.0 Å². The number of carbonyl (C=O) groups excluding carboxylic acids is 1. The maximum Gasteiger partial charge on any atom is 0.261 e. The quantitative estimate of drug-likeness (QED) is 0.781. The van der Waals surface area contributed by atoms with E-state index in [1.54, 1.807) is 42.5 Å². The predicted molar refractivity (Wildman–Crippen MR) is 103 cm³/mol. The van der Waals surface area contributed by atoms with Crippen molar-refractivity contribution in [3.63, 3.8) is 0 Å². The summed E-state index contributed by atoms with van der Waals surface area (Å²) in [7, 11) is -3.67. The number of amides is 1. The van der Waals surface area contributed by atoms with Crippen molar-refractivity contribution in [3.8, 4) is 0 Å². The first-order chi connectivity index (χ1) is 12.5. The van der Waals surface area contributed by atoms with Crippen LogP contribution in [0.5, 0.6) is 0 Å². The summed E-state index contributed by atoms with van der Waals surface area (Å²) in [6.07, 6.45) is 6.74. The van der Waals surface area contributed by atoms with Crippen molar-refractivity contribution in [1.82, 2.24) is 5.32 Å². The number of hydrogen-bond acceptors (Lipinski definition) is 3. The van der Waals surface area contributed by atoms with E-state index in [9.17, 15) is 13.2 Å². The predicted octanol–water partition coefficient (Wildman–Crippen LogP) is 3.94. The normalized spacial score (nSPS) is 15.8. The molecule has 2 aromatic carbocycles. The van der Waals surface area contributed by atoms with Crippen LogP contribution in [0.4, 0.5) is 5.69 Å². The van der Waals surface area contributed by atoms with Gasteiger partial charge < -0.3 is 5.32 Å². The van der Waals surface area contributed by atoms with Crippen molar-refractivity contribution >= 4 is 21.6 Å². The maximum absolute atomic E-state index is 12.5. The molecular formula is C20H24N2O3S. The Balaban J connectivity index is 1.70. The Kier molecular flexibility index (Phi) is 5.93. The van der Waals surface area contributed by atoms with Gasteiger partial charge in [-0.3, -0.25) is 9.52 Å². The van der Waals surface area contributed by atoms with Crippen molar-refractivity contribution < 1.29 is 13.2 Å². The van der Waals surface area contributed by atoms with E-state index >= 15 is 0 Å². The molecule has 2 aromatic rings. The molecule has 6 heteroatoms. The van der Waals surface area contributed by atoms with E-state index in [-0.39, 0.29) is 16.8 Å². The van der Waals surface area contributed by atoms with E-state index in [4.69, 9.17) is 0 Å². The summed E-state index contributed by atoms with van der Waals surface area (Å²) >= 11 is 0. The van der Waals surface area contributed by atoms with E-state index in [1.165, 1.54) is 25.0 Å². The number of hydrogen-bond donors (Lipinski definition) is 2. The molecule has 0 aromatic heterocycles. The molecule has 138 valence electrons. The van der Waals surface area contributed by atoms with Crippen molar-refractivity contribution in [2.24, 2.45) is 0 Å². The van der Waals surface area contributed by atoms with Crippen molar-refractivity contribution in [3.05, 3.63) is 60.2 Å². The maximum atomic E-state index is 12.5. The zero-order valence-corrected chi connectivity index (χ0v) is 15.5. The van der Waals surface area contributed by atoms with Crippen molar-refractivity contribution in [2.45, 2.75) is 49.5 Å². The van der Waals surface area contributed by atoms with Crippen molar-refractivity contribution in [2.75, 3.05) is 4.72 Å². The minimum absolute atomic E-state index is 0.155. The van der Waals surface area contributed by atoms with Gasteiger partial charge in [-0.2, -0.15) is 0 Å². The third kappa shape index (κ3) is 4.85. The molecule has 1 aliphatic carbocycles. The molecule has 0 spiro atoms. The lowest BCUT2D eigenvalue weighted by molar-refractivity contribution is 0.0933. The number of benzene rings is 2. The summed E-state index contributed by atoms with van der Waals surface area (Å²) in [5.41, 5.74) is 0.838. The minimum atomic E-state index is -3.67. The average molecular weight is 372 g/mol. The third-order valence-corrected chi connectivity index (χ3v) is 6.02. The summed E-state index contributed by atoms with van der Waals surface area (Å²) in [6.45, 7) is 0. The van der Waals surface area contributed by atoms with Crippen LogP contribution in [-0.4, -0.2) is 20.4 Å². The van der Waals surface area contributed by atoms with Gasteiger partial charge >= 0.3 is 0 Å². The van der Waals surface area contributed by atoms with Gasteiger partial charge in [-0.1, -0.05) is 49.9 Å². The summed E-state index contributed by atoms with van der Waals surface area (Å²) in [5, 5.41) is 3.08. The fourth-order valence-electron chi connectivity index (χ4n) is 3.23. The number of anilines is 1. The Bertz CT molecular complexity index is 842. The monoisotopic (exact) mass is 372 g/mol. The van der Waals surface area contributed by atoms with Crippen LogP contribution in [0.25, 0.3) is 0 Å². The molecule has 0 atom stereocenters.